The van der Waals surface area contributed by atoms with Gasteiger partial charge in [-0.1, -0.05) is 155 Å². The average molecular weight is 664 g/mol. The molecule has 0 rings (SSSR count). The van der Waals surface area contributed by atoms with Crippen molar-refractivity contribution in [3.8, 4) is 0 Å². The van der Waals surface area contributed by atoms with Gasteiger partial charge in [0.15, 0.2) is 0 Å². The number of hydrogen-bond donors (Lipinski definition) is 2. The fraction of sp³-hybridized carbons (Fsp3) is 0.944. The minimum absolute atomic E-state index is 0. The molecule has 6 nitrogen and oxygen atoms in total. The van der Waals surface area contributed by atoms with Crippen molar-refractivity contribution < 1.29 is 49.5 Å². The first-order valence-electron chi connectivity index (χ1n) is 18.1. The van der Waals surface area contributed by atoms with Crippen molar-refractivity contribution in [2.24, 2.45) is 0 Å². The molecular formula is C36H70O6Zn. The molecule has 2 N–H and O–H groups in total. The summed E-state index contributed by atoms with van der Waals surface area (Å²) in [5.74, 6) is -1.93. The fourth-order valence-electron chi connectivity index (χ4n) is 5.32. The van der Waals surface area contributed by atoms with Gasteiger partial charge < -0.3 is 30.0 Å². The van der Waals surface area contributed by atoms with Crippen LogP contribution in [0.25, 0.3) is 0 Å². The number of aliphatic hydroxyl groups is 2. The Hall–Kier alpha value is -0.517. The maximum Gasteiger partial charge on any atom is 2.00 e. The van der Waals surface area contributed by atoms with E-state index in [2.05, 4.69) is 13.8 Å². The van der Waals surface area contributed by atoms with E-state index in [1.54, 1.807) is 0 Å². The molecule has 0 aromatic carbocycles. The number of rotatable bonds is 32. The van der Waals surface area contributed by atoms with Gasteiger partial charge in [0.2, 0.25) is 0 Å². The Kier molecular flexibility index (Phi) is 43.1. The maximum atomic E-state index is 10.2. The Morgan fingerprint density at radius 2 is 0.628 bits per heavy atom. The van der Waals surface area contributed by atoms with Crippen LogP contribution < -0.4 is 10.2 Å². The van der Waals surface area contributed by atoms with Crippen LogP contribution in [0, 0.1) is 0 Å². The largest absolute Gasteiger partial charge is 2.00 e. The van der Waals surface area contributed by atoms with Crippen LogP contribution in [-0.2, 0) is 29.1 Å². The number of unbranched alkanes of at least 4 members (excludes halogenated alkanes) is 20. The number of aliphatic hydroxyl groups excluding tert-OH is 2. The zero-order chi connectivity index (χ0) is 31.5. The molecule has 0 aliphatic heterocycles. The van der Waals surface area contributed by atoms with Crippen molar-refractivity contribution in [3.63, 3.8) is 0 Å². The Morgan fingerprint density at radius 3 is 0.860 bits per heavy atom. The van der Waals surface area contributed by atoms with Crippen LogP contribution in [0.15, 0.2) is 0 Å². The van der Waals surface area contributed by atoms with Gasteiger partial charge >= 0.3 is 19.5 Å². The van der Waals surface area contributed by atoms with E-state index in [0.717, 1.165) is 64.2 Å². The predicted molar refractivity (Wildman–Crippen MR) is 172 cm³/mol. The van der Waals surface area contributed by atoms with Crippen LogP contribution in [0.1, 0.15) is 206 Å². The molecule has 2 unspecified atom stereocenters. The second-order valence-electron chi connectivity index (χ2n) is 12.5. The number of carbonyl (C=O) groups excluding carboxylic acids is 2. The van der Waals surface area contributed by atoms with Crippen molar-refractivity contribution >= 4 is 11.9 Å². The van der Waals surface area contributed by atoms with E-state index in [-0.39, 0.29) is 44.5 Å². The smallest absolute Gasteiger partial charge is 0.550 e. The maximum absolute atomic E-state index is 10.2. The summed E-state index contributed by atoms with van der Waals surface area (Å²) in [4.78, 5) is 20.5. The van der Waals surface area contributed by atoms with Crippen molar-refractivity contribution in [1.29, 1.82) is 0 Å². The zero-order valence-electron chi connectivity index (χ0n) is 28.6. The van der Waals surface area contributed by atoms with Crippen molar-refractivity contribution in [3.05, 3.63) is 0 Å². The number of carboxylic acids is 2. The summed E-state index contributed by atoms with van der Waals surface area (Å²) in [6.07, 6.45) is 31.8. The molecule has 0 heterocycles. The molecule has 0 spiro atoms. The van der Waals surface area contributed by atoms with Crippen LogP contribution in [0.3, 0.4) is 0 Å². The molecule has 43 heavy (non-hydrogen) atoms. The minimum Gasteiger partial charge on any atom is -0.550 e. The SMILES string of the molecule is CCCCCCCCCCCC(O)CCCCCC(=O)[O-].CCCCCCCCCCCC(O)CCCCCC(=O)[O-].[Zn+2]. The Balaban J connectivity index is -0.000000727. The number of carboxylic acid groups (broad SMARTS) is 2. The van der Waals surface area contributed by atoms with E-state index >= 15 is 0 Å². The molecule has 0 aliphatic carbocycles. The van der Waals surface area contributed by atoms with Crippen molar-refractivity contribution in [2.75, 3.05) is 0 Å². The molecule has 0 aromatic heterocycles. The van der Waals surface area contributed by atoms with E-state index in [4.69, 9.17) is 0 Å². The van der Waals surface area contributed by atoms with Gasteiger partial charge in [-0.2, -0.15) is 0 Å². The summed E-state index contributed by atoms with van der Waals surface area (Å²) in [5.41, 5.74) is 0. The Labute approximate surface area is 279 Å². The molecule has 0 aromatic rings. The number of carbonyl (C=O) groups is 2. The summed E-state index contributed by atoms with van der Waals surface area (Å²) in [5, 5.41) is 40.1. The van der Waals surface area contributed by atoms with E-state index in [1.165, 1.54) is 103 Å². The third kappa shape index (κ3) is 46.0. The molecule has 0 bridgehead atoms. The first-order chi connectivity index (χ1) is 20.3. The molecule has 0 saturated heterocycles. The summed E-state index contributed by atoms with van der Waals surface area (Å²) >= 11 is 0. The van der Waals surface area contributed by atoms with Crippen LogP contribution in [0.2, 0.25) is 0 Å². The molecule has 0 amide bonds. The van der Waals surface area contributed by atoms with Gasteiger partial charge in [-0.25, -0.2) is 0 Å². The van der Waals surface area contributed by atoms with Gasteiger partial charge in [-0.15, -0.1) is 0 Å². The summed E-state index contributed by atoms with van der Waals surface area (Å²) in [6.45, 7) is 4.49. The summed E-state index contributed by atoms with van der Waals surface area (Å²) < 4.78 is 0. The van der Waals surface area contributed by atoms with Gasteiger partial charge in [0.1, 0.15) is 0 Å². The van der Waals surface area contributed by atoms with E-state index < -0.39 is 11.9 Å². The quantitative estimate of drug-likeness (QED) is 0.0557. The van der Waals surface area contributed by atoms with E-state index in [0.29, 0.717) is 12.8 Å². The normalized spacial score (nSPS) is 12.2. The second-order valence-corrected chi connectivity index (χ2v) is 12.5. The molecule has 0 saturated carbocycles. The van der Waals surface area contributed by atoms with Gasteiger partial charge in [0.25, 0.3) is 0 Å². The molecule has 0 radical (unpaired) electrons. The minimum atomic E-state index is -0.967. The van der Waals surface area contributed by atoms with Crippen molar-refractivity contribution in [2.45, 2.75) is 219 Å². The van der Waals surface area contributed by atoms with Crippen LogP contribution in [0.4, 0.5) is 0 Å². The third-order valence-electron chi connectivity index (χ3n) is 8.12. The molecule has 0 fully saturated rings. The molecule has 2 atom stereocenters. The zero-order valence-corrected chi connectivity index (χ0v) is 31.6. The Bertz CT molecular complexity index is 512. The standard InChI is InChI=1S/2C18H36O3.Zn/c2*1-2-3-4-5-6-7-8-9-11-14-17(19)15-12-10-13-16-18(20)21;/h2*17,19H,2-16H2,1H3,(H,20,21);/q;;+2/p-2. The predicted octanol–water partition coefficient (Wildman–Crippen LogP) is 7.93. The summed E-state index contributed by atoms with van der Waals surface area (Å²) in [7, 11) is 0. The molecule has 0 aliphatic rings. The first kappa shape index (κ1) is 46.9. The Morgan fingerprint density at radius 1 is 0.419 bits per heavy atom. The number of hydrogen-bond acceptors (Lipinski definition) is 6. The van der Waals surface area contributed by atoms with Gasteiger partial charge in [-0.3, -0.25) is 0 Å². The second kappa shape index (κ2) is 39.5. The van der Waals surface area contributed by atoms with Crippen LogP contribution in [-0.4, -0.2) is 34.4 Å². The van der Waals surface area contributed by atoms with Gasteiger partial charge in [-0.05, 0) is 51.4 Å². The van der Waals surface area contributed by atoms with Crippen molar-refractivity contribution in [1.82, 2.24) is 0 Å². The van der Waals surface area contributed by atoms with Crippen LogP contribution >= 0.6 is 0 Å². The topological polar surface area (TPSA) is 121 Å². The third-order valence-corrected chi connectivity index (χ3v) is 8.12. The fourth-order valence-corrected chi connectivity index (χ4v) is 5.32. The molecular weight excluding hydrogens is 594 g/mol. The van der Waals surface area contributed by atoms with E-state index in [9.17, 15) is 30.0 Å². The number of aliphatic carboxylic acids is 2. The van der Waals surface area contributed by atoms with Crippen LogP contribution in [0.5, 0.6) is 0 Å². The summed E-state index contributed by atoms with van der Waals surface area (Å²) in [6, 6.07) is 0. The van der Waals surface area contributed by atoms with E-state index in [1.807, 2.05) is 0 Å². The first-order valence-corrected chi connectivity index (χ1v) is 18.1. The average Bonchev–Trinajstić information content (AvgIpc) is 2.95. The molecule has 252 valence electrons. The van der Waals surface area contributed by atoms with Gasteiger partial charge in [0, 0.05) is 11.9 Å². The molecule has 7 heteroatoms. The monoisotopic (exact) mass is 662 g/mol. The van der Waals surface area contributed by atoms with Gasteiger partial charge in [0.05, 0.1) is 12.2 Å².